The molecule has 0 aromatic heterocycles. The summed E-state index contributed by atoms with van der Waals surface area (Å²) in [6.07, 6.45) is 0. The quantitative estimate of drug-likeness (QED) is 0.672. The molecule has 0 spiro atoms. The van der Waals surface area contributed by atoms with Crippen LogP contribution < -0.4 is 10.1 Å². The molecule has 0 aliphatic heterocycles. The number of ether oxygens (including phenoxy) is 1. The van der Waals surface area contributed by atoms with Gasteiger partial charge in [-0.25, -0.2) is 4.39 Å². The van der Waals surface area contributed by atoms with Crippen LogP contribution in [-0.4, -0.2) is 12.0 Å². The molecule has 2 aromatic carbocycles. The van der Waals surface area contributed by atoms with Gasteiger partial charge in [-0.2, -0.15) is 0 Å². The third-order valence-electron chi connectivity index (χ3n) is 2.63. The molecule has 0 saturated heterocycles. The molecule has 2 rings (SSSR count). The zero-order valence-corrected chi connectivity index (χ0v) is 10.8. The number of hydrogen-bond donors (Lipinski definition) is 1. The highest BCUT2D eigenvalue weighted by atomic mass is 19.1. The Hall–Kier alpha value is -2.47. The second kappa shape index (κ2) is 6.12. The van der Waals surface area contributed by atoms with Gasteiger partial charge in [0.1, 0.15) is 5.75 Å². The van der Waals surface area contributed by atoms with Crippen LogP contribution in [0.5, 0.6) is 11.5 Å². The Bertz CT molecular complexity index is 632. The number of nitrogens with one attached hydrogen (secondary N) is 1. The van der Waals surface area contributed by atoms with Crippen LogP contribution in [0.25, 0.3) is 0 Å². The smallest absolute Gasteiger partial charge is 0.272 e. The lowest BCUT2D eigenvalue weighted by Gasteiger charge is -2.08. The van der Waals surface area contributed by atoms with E-state index in [1.165, 1.54) is 12.1 Å². The molecule has 0 unspecified atom stereocenters. The molecule has 0 fully saturated rings. The van der Waals surface area contributed by atoms with E-state index in [4.69, 9.17) is 4.74 Å². The summed E-state index contributed by atoms with van der Waals surface area (Å²) in [6.45, 7) is 0.667. The van der Waals surface area contributed by atoms with Crippen molar-refractivity contribution in [3.05, 3.63) is 64.0 Å². The maximum absolute atomic E-state index is 13.7. The van der Waals surface area contributed by atoms with Crippen molar-refractivity contribution < 1.29 is 14.1 Å². The summed E-state index contributed by atoms with van der Waals surface area (Å²) in [5.74, 6) is -0.332. The number of hydrogen-bond acceptors (Lipinski definition) is 4. The zero-order chi connectivity index (χ0) is 14.5. The summed E-state index contributed by atoms with van der Waals surface area (Å²) in [6, 6.07) is 10.5. The molecular formula is C14H13FN2O3. The summed E-state index contributed by atoms with van der Waals surface area (Å²) >= 11 is 0. The number of non-ortho nitro benzene ring substituents is 1. The van der Waals surface area contributed by atoms with E-state index in [9.17, 15) is 14.5 Å². The van der Waals surface area contributed by atoms with Gasteiger partial charge in [-0.05, 0) is 30.8 Å². The van der Waals surface area contributed by atoms with Crippen LogP contribution in [0.4, 0.5) is 10.1 Å². The van der Waals surface area contributed by atoms with Crippen molar-refractivity contribution >= 4 is 5.69 Å². The molecule has 5 nitrogen and oxygen atoms in total. The van der Waals surface area contributed by atoms with E-state index in [0.29, 0.717) is 12.3 Å². The van der Waals surface area contributed by atoms with Crippen LogP contribution in [0.1, 0.15) is 5.56 Å². The zero-order valence-electron chi connectivity index (χ0n) is 10.8. The Morgan fingerprint density at radius 3 is 2.75 bits per heavy atom. The summed E-state index contributed by atoms with van der Waals surface area (Å²) in [5.41, 5.74) is 0.686. The molecular weight excluding hydrogens is 263 g/mol. The van der Waals surface area contributed by atoms with Crippen LogP contribution in [0.2, 0.25) is 0 Å². The fourth-order valence-electron chi connectivity index (χ4n) is 1.74. The Morgan fingerprint density at radius 2 is 2.10 bits per heavy atom. The minimum atomic E-state index is -0.766. The molecule has 0 aliphatic carbocycles. The lowest BCUT2D eigenvalue weighted by molar-refractivity contribution is -0.385. The van der Waals surface area contributed by atoms with Crippen LogP contribution in [0, 0.1) is 15.9 Å². The maximum Gasteiger partial charge on any atom is 0.272 e. The van der Waals surface area contributed by atoms with Crippen molar-refractivity contribution in [1.29, 1.82) is 0 Å². The van der Waals surface area contributed by atoms with Gasteiger partial charge in [0.05, 0.1) is 11.0 Å². The fraction of sp³-hybridized carbons (Fsp3) is 0.143. The third-order valence-corrected chi connectivity index (χ3v) is 2.63. The third kappa shape index (κ3) is 3.30. The predicted molar refractivity (Wildman–Crippen MR) is 72.3 cm³/mol. The molecule has 0 bridgehead atoms. The van der Waals surface area contributed by atoms with Gasteiger partial charge in [0.25, 0.3) is 5.69 Å². The average molecular weight is 276 g/mol. The maximum atomic E-state index is 13.7. The number of nitro benzene ring substituents is 1. The first-order chi connectivity index (χ1) is 9.60. The molecule has 0 amide bonds. The van der Waals surface area contributed by atoms with Crippen LogP contribution in [-0.2, 0) is 6.54 Å². The van der Waals surface area contributed by atoms with Crippen LogP contribution >= 0.6 is 0 Å². The Morgan fingerprint density at radius 1 is 1.30 bits per heavy atom. The summed E-state index contributed by atoms with van der Waals surface area (Å²) in [5, 5.41) is 13.5. The van der Waals surface area contributed by atoms with E-state index in [1.807, 2.05) is 13.1 Å². The Kier molecular flexibility index (Phi) is 4.27. The Balaban J connectivity index is 2.21. The van der Waals surface area contributed by atoms with Crippen LogP contribution in [0.3, 0.4) is 0 Å². The van der Waals surface area contributed by atoms with Crippen molar-refractivity contribution in [2.45, 2.75) is 6.54 Å². The highest BCUT2D eigenvalue weighted by Crippen LogP contribution is 2.27. The van der Waals surface area contributed by atoms with Crippen molar-refractivity contribution in [2.24, 2.45) is 0 Å². The van der Waals surface area contributed by atoms with Crippen LogP contribution in [0.15, 0.2) is 42.5 Å². The highest BCUT2D eigenvalue weighted by Gasteiger charge is 2.12. The van der Waals surface area contributed by atoms with E-state index in [-0.39, 0.29) is 11.4 Å². The van der Waals surface area contributed by atoms with Gasteiger partial charge in [0.15, 0.2) is 11.6 Å². The second-order valence-electron chi connectivity index (χ2n) is 4.15. The number of benzene rings is 2. The van der Waals surface area contributed by atoms with Gasteiger partial charge in [-0.15, -0.1) is 0 Å². The second-order valence-corrected chi connectivity index (χ2v) is 4.15. The van der Waals surface area contributed by atoms with E-state index in [2.05, 4.69) is 5.32 Å². The average Bonchev–Trinajstić information content (AvgIpc) is 2.42. The first-order valence-corrected chi connectivity index (χ1v) is 5.95. The van der Waals surface area contributed by atoms with Gasteiger partial charge < -0.3 is 10.1 Å². The predicted octanol–water partition coefficient (Wildman–Crippen LogP) is 3.25. The molecule has 0 aliphatic rings. The molecule has 0 radical (unpaired) electrons. The normalized spacial score (nSPS) is 10.3. The summed E-state index contributed by atoms with van der Waals surface area (Å²) < 4.78 is 19.1. The first kappa shape index (κ1) is 14.0. The van der Waals surface area contributed by atoms with Gasteiger partial charge in [0.2, 0.25) is 0 Å². The number of nitro groups is 1. The van der Waals surface area contributed by atoms with Crippen molar-refractivity contribution in [2.75, 3.05) is 7.05 Å². The largest absolute Gasteiger partial charge is 0.454 e. The number of nitrogens with zero attached hydrogens (tertiary/aromatic N) is 1. The van der Waals surface area contributed by atoms with E-state index < -0.39 is 10.7 Å². The molecule has 20 heavy (non-hydrogen) atoms. The van der Waals surface area contributed by atoms with E-state index in [0.717, 1.165) is 11.6 Å². The summed E-state index contributed by atoms with van der Waals surface area (Å²) in [7, 11) is 1.82. The van der Waals surface area contributed by atoms with Crippen molar-refractivity contribution in [3.63, 3.8) is 0 Å². The van der Waals surface area contributed by atoms with Gasteiger partial charge in [-0.3, -0.25) is 10.1 Å². The van der Waals surface area contributed by atoms with E-state index >= 15 is 0 Å². The first-order valence-electron chi connectivity index (χ1n) is 5.95. The Labute approximate surface area is 115 Å². The molecule has 1 N–H and O–H groups in total. The molecule has 0 atom stereocenters. The number of rotatable bonds is 5. The highest BCUT2D eigenvalue weighted by molar-refractivity contribution is 5.40. The standard InChI is InChI=1S/C14H13FN2O3/c1-16-9-10-3-2-4-12(7-10)20-14-6-5-11(17(18)19)8-13(14)15/h2-8,16H,9H2,1H3. The van der Waals surface area contributed by atoms with Gasteiger partial charge in [0, 0.05) is 12.6 Å². The molecule has 0 heterocycles. The monoisotopic (exact) mass is 276 g/mol. The molecule has 2 aromatic rings. The van der Waals surface area contributed by atoms with Gasteiger partial charge in [-0.1, -0.05) is 12.1 Å². The molecule has 6 heteroatoms. The van der Waals surface area contributed by atoms with Crippen molar-refractivity contribution in [3.8, 4) is 11.5 Å². The lowest BCUT2D eigenvalue weighted by Crippen LogP contribution is -2.04. The minimum absolute atomic E-state index is 0.0443. The summed E-state index contributed by atoms with van der Waals surface area (Å²) in [4.78, 5) is 9.88. The molecule has 104 valence electrons. The minimum Gasteiger partial charge on any atom is -0.454 e. The van der Waals surface area contributed by atoms with E-state index in [1.54, 1.807) is 18.2 Å². The topological polar surface area (TPSA) is 64.4 Å². The SMILES string of the molecule is CNCc1cccc(Oc2ccc([N+](=O)[O-])cc2F)c1. The fourth-order valence-corrected chi connectivity index (χ4v) is 1.74. The lowest BCUT2D eigenvalue weighted by atomic mass is 10.2. The number of halogens is 1. The van der Waals surface area contributed by atoms with Gasteiger partial charge >= 0.3 is 0 Å². The molecule has 0 saturated carbocycles. The van der Waals surface area contributed by atoms with Crippen molar-refractivity contribution in [1.82, 2.24) is 5.32 Å².